The lowest BCUT2D eigenvalue weighted by atomic mass is 10.1. The van der Waals surface area contributed by atoms with Crippen LogP contribution in [0.1, 0.15) is 12.0 Å². The van der Waals surface area contributed by atoms with Crippen LogP contribution in [0.2, 0.25) is 0 Å². The summed E-state index contributed by atoms with van der Waals surface area (Å²) in [5.74, 6) is 0. The van der Waals surface area contributed by atoms with Crippen LogP contribution in [0.4, 0.5) is 11.4 Å². The van der Waals surface area contributed by atoms with Crippen LogP contribution >= 0.6 is 0 Å². The first-order valence-electron chi connectivity index (χ1n) is 7.05. The second-order valence-electron chi connectivity index (χ2n) is 5.51. The molecule has 5 nitrogen and oxygen atoms in total. The van der Waals surface area contributed by atoms with Gasteiger partial charge in [-0.05, 0) is 19.4 Å². The Morgan fingerprint density at radius 2 is 2.05 bits per heavy atom. The molecule has 20 heavy (non-hydrogen) atoms. The molecule has 5 heteroatoms. The molecule has 0 unspecified atom stereocenters. The van der Waals surface area contributed by atoms with Crippen LogP contribution in [0.15, 0.2) is 30.4 Å². The fourth-order valence-electron chi connectivity index (χ4n) is 3.19. The molecule has 2 aliphatic rings. The highest BCUT2D eigenvalue weighted by Gasteiger charge is 2.31. The van der Waals surface area contributed by atoms with Crippen LogP contribution in [0, 0.1) is 17.0 Å². The molecule has 3 rings (SSSR count). The summed E-state index contributed by atoms with van der Waals surface area (Å²) in [6.45, 7) is 5.60. The predicted octanol–water partition coefficient (Wildman–Crippen LogP) is 2.35. The molecule has 0 radical (unpaired) electrons. The van der Waals surface area contributed by atoms with Gasteiger partial charge in [0.1, 0.15) is 5.69 Å². The lowest BCUT2D eigenvalue weighted by Crippen LogP contribution is -2.35. The molecule has 1 saturated heterocycles. The Balaban J connectivity index is 1.81. The van der Waals surface area contributed by atoms with Crippen molar-refractivity contribution < 1.29 is 4.92 Å². The fraction of sp³-hybridized carbons (Fsp3) is 0.467. The van der Waals surface area contributed by atoms with Crippen molar-refractivity contribution in [2.45, 2.75) is 19.4 Å². The first kappa shape index (κ1) is 13.1. The van der Waals surface area contributed by atoms with Crippen molar-refractivity contribution in [1.29, 1.82) is 0 Å². The van der Waals surface area contributed by atoms with E-state index >= 15 is 0 Å². The minimum atomic E-state index is -0.255. The van der Waals surface area contributed by atoms with Gasteiger partial charge >= 0.3 is 0 Å². The summed E-state index contributed by atoms with van der Waals surface area (Å²) < 4.78 is 0. The first-order chi connectivity index (χ1) is 9.66. The normalized spacial score (nSPS) is 22.6. The third-order valence-electron chi connectivity index (χ3n) is 4.27. The summed E-state index contributed by atoms with van der Waals surface area (Å²) in [5.41, 5.74) is 1.76. The maximum Gasteiger partial charge on any atom is 0.295 e. The first-order valence-corrected chi connectivity index (χ1v) is 7.05. The highest BCUT2D eigenvalue weighted by molar-refractivity contribution is 5.67. The van der Waals surface area contributed by atoms with Gasteiger partial charge in [0.2, 0.25) is 0 Å². The predicted molar refractivity (Wildman–Crippen MR) is 79.2 cm³/mol. The van der Waals surface area contributed by atoms with Crippen LogP contribution in [0.5, 0.6) is 0 Å². The maximum absolute atomic E-state index is 11.3. The van der Waals surface area contributed by atoms with E-state index in [-0.39, 0.29) is 10.6 Å². The molecule has 1 fully saturated rings. The van der Waals surface area contributed by atoms with Gasteiger partial charge in [0.05, 0.1) is 4.92 Å². The van der Waals surface area contributed by atoms with Gasteiger partial charge in [-0.25, -0.2) is 0 Å². The average Bonchev–Trinajstić information content (AvgIpc) is 3.09. The molecule has 1 aromatic rings. The van der Waals surface area contributed by atoms with Gasteiger partial charge in [-0.15, -0.1) is 0 Å². The van der Waals surface area contributed by atoms with Gasteiger partial charge in [0, 0.05) is 37.8 Å². The van der Waals surface area contributed by atoms with Crippen LogP contribution in [0.25, 0.3) is 0 Å². The molecule has 1 aromatic carbocycles. The zero-order valence-electron chi connectivity index (χ0n) is 11.7. The van der Waals surface area contributed by atoms with Gasteiger partial charge in [0.25, 0.3) is 5.69 Å². The monoisotopic (exact) mass is 273 g/mol. The Morgan fingerprint density at radius 3 is 2.75 bits per heavy atom. The second-order valence-corrected chi connectivity index (χ2v) is 5.51. The van der Waals surface area contributed by atoms with E-state index in [1.54, 1.807) is 13.0 Å². The molecule has 2 heterocycles. The minimum absolute atomic E-state index is 0.255. The number of para-hydroxylation sites is 1. The van der Waals surface area contributed by atoms with Gasteiger partial charge in [-0.3, -0.25) is 15.0 Å². The molecular weight excluding hydrogens is 254 g/mol. The quantitative estimate of drug-likeness (QED) is 0.482. The number of anilines is 1. The van der Waals surface area contributed by atoms with Crippen LogP contribution in [-0.2, 0) is 0 Å². The number of hydrogen-bond acceptors (Lipinski definition) is 4. The summed E-state index contributed by atoms with van der Waals surface area (Å²) in [6.07, 6.45) is 5.46. The molecular formula is C15H19N3O2. The molecule has 0 amide bonds. The van der Waals surface area contributed by atoms with Crippen molar-refractivity contribution >= 4 is 11.4 Å². The summed E-state index contributed by atoms with van der Waals surface area (Å²) in [5, 5.41) is 11.3. The highest BCUT2D eigenvalue weighted by Crippen LogP contribution is 2.34. The minimum Gasteiger partial charge on any atom is -0.364 e. The van der Waals surface area contributed by atoms with Crippen molar-refractivity contribution in [2.24, 2.45) is 0 Å². The fourth-order valence-corrected chi connectivity index (χ4v) is 3.19. The van der Waals surface area contributed by atoms with E-state index in [1.807, 2.05) is 12.1 Å². The Morgan fingerprint density at radius 1 is 1.30 bits per heavy atom. The smallest absolute Gasteiger partial charge is 0.295 e. The van der Waals surface area contributed by atoms with Crippen molar-refractivity contribution in [3.63, 3.8) is 0 Å². The van der Waals surface area contributed by atoms with E-state index < -0.39 is 0 Å². The molecule has 0 aliphatic carbocycles. The van der Waals surface area contributed by atoms with Gasteiger partial charge in [-0.1, -0.05) is 24.3 Å². The Kier molecular flexibility index (Phi) is 3.44. The number of nitro groups is 1. The number of nitrogens with zero attached hydrogens (tertiary/aromatic N) is 3. The van der Waals surface area contributed by atoms with E-state index in [0.29, 0.717) is 6.04 Å². The number of aryl methyl sites for hydroxylation is 1. The molecule has 1 atom stereocenters. The van der Waals surface area contributed by atoms with Crippen molar-refractivity contribution in [2.75, 3.05) is 31.1 Å². The summed E-state index contributed by atoms with van der Waals surface area (Å²) >= 11 is 0. The van der Waals surface area contributed by atoms with E-state index in [1.165, 1.54) is 0 Å². The van der Waals surface area contributed by atoms with E-state index in [2.05, 4.69) is 22.0 Å². The Hall–Kier alpha value is -1.88. The Bertz CT molecular complexity index is 548. The van der Waals surface area contributed by atoms with Crippen LogP contribution < -0.4 is 4.90 Å². The van der Waals surface area contributed by atoms with E-state index in [0.717, 1.165) is 43.9 Å². The Labute approximate surface area is 118 Å². The second kappa shape index (κ2) is 5.25. The zero-order chi connectivity index (χ0) is 14.1. The SMILES string of the molecule is Cc1cccc(N2CC[C@@H](N3CC=CC3)C2)c1[N+](=O)[O-]. The number of benzene rings is 1. The summed E-state index contributed by atoms with van der Waals surface area (Å²) in [7, 11) is 0. The molecule has 2 aliphatic heterocycles. The summed E-state index contributed by atoms with van der Waals surface area (Å²) in [4.78, 5) is 15.6. The van der Waals surface area contributed by atoms with Gasteiger partial charge < -0.3 is 4.90 Å². The largest absolute Gasteiger partial charge is 0.364 e. The van der Waals surface area contributed by atoms with Crippen LogP contribution in [-0.4, -0.2) is 42.0 Å². The van der Waals surface area contributed by atoms with Gasteiger partial charge in [-0.2, -0.15) is 0 Å². The third kappa shape index (κ3) is 2.29. The average molecular weight is 273 g/mol. The van der Waals surface area contributed by atoms with Crippen molar-refractivity contribution in [1.82, 2.24) is 4.90 Å². The van der Waals surface area contributed by atoms with E-state index in [9.17, 15) is 10.1 Å². The topological polar surface area (TPSA) is 49.6 Å². The van der Waals surface area contributed by atoms with Gasteiger partial charge in [0.15, 0.2) is 0 Å². The molecule has 106 valence electrons. The third-order valence-corrected chi connectivity index (χ3v) is 4.27. The molecule has 0 aromatic heterocycles. The zero-order valence-corrected chi connectivity index (χ0v) is 11.7. The van der Waals surface area contributed by atoms with E-state index in [4.69, 9.17) is 0 Å². The molecule has 0 saturated carbocycles. The number of nitro benzene ring substituents is 1. The van der Waals surface area contributed by atoms with Crippen LogP contribution in [0.3, 0.4) is 0 Å². The molecule has 0 bridgehead atoms. The molecule has 0 spiro atoms. The lowest BCUT2D eigenvalue weighted by molar-refractivity contribution is -0.384. The summed E-state index contributed by atoms with van der Waals surface area (Å²) in [6, 6.07) is 6.09. The number of hydrogen-bond donors (Lipinski definition) is 0. The van der Waals surface area contributed by atoms with Crippen molar-refractivity contribution in [3.8, 4) is 0 Å². The van der Waals surface area contributed by atoms with Crippen molar-refractivity contribution in [3.05, 3.63) is 46.0 Å². The number of rotatable bonds is 3. The maximum atomic E-state index is 11.3. The molecule has 0 N–H and O–H groups in total. The standard InChI is InChI=1S/C15H19N3O2/c1-12-5-4-6-14(15(12)18(19)20)17-10-7-13(11-17)16-8-2-3-9-16/h2-6,13H,7-11H2,1H3/t13-/m1/s1. The lowest BCUT2D eigenvalue weighted by Gasteiger charge is -2.24. The highest BCUT2D eigenvalue weighted by atomic mass is 16.6.